The number of aliphatic hydroxyl groups excluding tert-OH is 1. The lowest BCUT2D eigenvalue weighted by molar-refractivity contribution is -0.129. The number of hydrogen-bond donors (Lipinski definition) is 2. The van der Waals surface area contributed by atoms with Crippen LogP contribution < -0.4 is 10.1 Å². The molecule has 2 atom stereocenters. The first-order valence-corrected chi connectivity index (χ1v) is 17.1. The molecule has 1 aliphatic rings. The summed E-state index contributed by atoms with van der Waals surface area (Å²) in [6.45, 7) is 0.646. The van der Waals surface area contributed by atoms with E-state index in [-0.39, 0.29) is 25.5 Å². The Hall–Kier alpha value is -4.14. The first kappa shape index (κ1) is 33.7. The first-order chi connectivity index (χ1) is 23.3. The SMILES string of the molecule is O=C(NCc1ccc(Cl)cc1Cl)[C@]1(Cc2ccc(Br)cc2)N=C(c2ccc(OCCCO)cc2)O[C@@H]1c1ccc(-c2ccccc2)cc1. The van der Waals surface area contributed by atoms with Crippen LogP contribution in [0.5, 0.6) is 5.75 Å². The predicted octanol–water partition coefficient (Wildman–Crippen LogP) is 9.00. The van der Waals surface area contributed by atoms with Crippen molar-refractivity contribution in [1.82, 2.24) is 5.32 Å². The average Bonchev–Trinajstić information content (AvgIpc) is 3.50. The lowest BCUT2D eigenvalue weighted by atomic mass is 9.81. The average molecular weight is 745 g/mol. The molecule has 48 heavy (non-hydrogen) atoms. The van der Waals surface area contributed by atoms with Crippen LogP contribution in [0.4, 0.5) is 0 Å². The maximum absolute atomic E-state index is 14.6. The van der Waals surface area contributed by atoms with Gasteiger partial charge in [-0.1, -0.05) is 112 Å². The molecule has 9 heteroatoms. The summed E-state index contributed by atoms with van der Waals surface area (Å²) >= 11 is 16.1. The third-order valence-corrected chi connectivity index (χ3v) is 9.31. The van der Waals surface area contributed by atoms with Crippen LogP contribution >= 0.6 is 39.1 Å². The highest BCUT2D eigenvalue weighted by Gasteiger charge is 2.53. The monoisotopic (exact) mass is 742 g/mol. The first-order valence-electron chi connectivity index (χ1n) is 15.6. The number of carbonyl (C=O) groups excluding carboxylic acids is 1. The van der Waals surface area contributed by atoms with Gasteiger partial charge in [-0.25, -0.2) is 4.99 Å². The Morgan fingerprint density at radius 3 is 2.25 bits per heavy atom. The highest BCUT2D eigenvalue weighted by Crippen LogP contribution is 2.43. The van der Waals surface area contributed by atoms with Gasteiger partial charge in [0.25, 0.3) is 5.91 Å². The highest BCUT2D eigenvalue weighted by molar-refractivity contribution is 9.10. The molecule has 2 N–H and O–H groups in total. The van der Waals surface area contributed by atoms with Crippen molar-refractivity contribution in [2.75, 3.05) is 13.2 Å². The van der Waals surface area contributed by atoms with Crippen molar-refractivity contribution < 1.29 is 19.4 Å². The Bertz CT molecular complexity index is 1890. The van der Waals surface area contributed by atoms with Crippen LogP contribution in [0.15, 0.2) is 131 Å². The van der Waals surface area contributed by atoms with E-state index in [9.17, 15) is 4.79 Å². The van der Waals surface area contributed by atoms with Gasteiger partial charge in [-0.3, -0.25) is 4.79 Å². The summed E-state index contributed by atoms with van der Waals surface area (Å²) in [6.07, 6.45) is 0.0661. The lowest BCUT2D eigenvalue weighted by Crippen LogP contribution is -2.49. The van der Waals surface area contributed by atoms with E-state index in [2.05, 4.69) is 33.4 Å². The zero-order valence-corrected chi connectivity index (χ0v) is 29.0. The lowest BCUT2D eigenvalue weighted by Gasteiger charge is -2.31. The van der Waals surface area contributed by atoms with Crippen LogP contribution in [0, 0.1) is 0 Å². The van der Waals surface area contributed by atoms with Crippen molar-refractivity contribution in [3.63, 3.8) is 0 Å². The van der Waals surface area contributed by atoms with Crippen LogP contribution in [-0.2, 0) is 22.5 Å². The number of benzene rings is 5. The summed E-state index contributed by atoms with van der Waals surface area (Å²) in [4.78, 5) is 19.8. The maximum Gasteiger partial charge on any atom is 0.252 e. The van der Waals surface area contributed by atoms with Crippen molar-refractivity contribution in [1.29, 1.82) is 0 Å². The molecule has 0 aliphatic carbocycles. The summed E-state index contributed by atoms with van der Waals surface area (Å²) in [6, 6.07) is 38.7. The molecule has 0 fully saturated rings. The van der Waals surface area contributed by atoms with E-state index in [0.29, 0.717) is 40.3 Å². The van der Waals surface area contributed by atoms with Crippen LogP contribution in [0.25, 0.3) is 11.1 Å². The van der Waals surface area contributed by atoms with Gasteiger partial charge >= 0.3 is 0 Å². The fourth-order valence-corrected chi connectivity index (χ4v) is 6.41. The summed E-state index contributed by atoms with van der Waals surface area (Å²) in [5, 5.41) is 13.2. The van der Waals surface area contributed by atoms with E-state index < -0.39 is 11.6 Å². The normalized spacial score (nSPS) is 17.0. The number of aliphatic hydroxyl groups is 1. The third-order valence-electron chi connectivity index (χ3n) is 8.19. The van der Waals surface area contributed by atoms with Gasteiger partial charge in [0.05, 0.1) is 6.61 Å². The van der Waals surface area contributed by atoms with Crippen molar-refractivity contribution in [2.24, 2.45) is 4.99 Å². The number of rotatable bonds is 12. The molecule has 1 amide bonds. The minimum Gasteiger partial charge on any atom is -0.494 e. The molecule has 0 unspecified atom stereocenters. The van der Waals surface area contributed by atoms with E-state index in [1.165, 1.54) is 0 Å². The van der Waals surface area contributed by atoms with Crippen LogP contribution in [0.1, 0.15) is 34.8 Å². The van der Waals surface area contributed by atoms with E-state index in [4.69, 9.17) is 42.8 Å². The third kappa shape index (κ3) is 7.77. The second-order valence-electron chi connectivity index (χ2n) is 11.5. The molecule has 0 radical (unpaired) electrons. The quantitative estimate of drug-likeness (QED) is 0.125. The minimum absolute atomic E-state index is 0.0587. The molecular weight excluding hydrogens is 711 g/mol. The van der Waals surface area contributed by atoms with Gasteiger partial charge in [-0.05, 0) is 76.3 Å². The number of halogens is 3. The molecule has 244 valence electrons. The topological polar surface area (TPSA) is 80.2 Å². The van der Waals surface area contributed by atoms with Gasteiger partial charge in [0.2, 0.25) is 5.90 Å². The van der Waals surface area contributed by atoms with Gasteiger partial charge < -0.3 is 19.9 Å². The number of amides is 1. The predicted molar refractivity (Wildman–Crippen MR) is 195 cm³/mol. The summed E-state index contributed by atoms with van der Waals surface area (Å²) in [5.74, 6) is 0.718. The van der Waals surface area contributed by atoms with Crippen LogP contribution in [0.3, 0.4) is 0 Å². The van der Waals surface area contributed by atoms with Crippen molar-refractivity contribution >= 4 is 50.9 Å². The second kappa shape index (κ2) is 15.4. The minimum atomic E-state index is -1.37. The van der Waals surface area contributed by atoms with Gasteiger partial charge in [-0.2, -0.15) is 0 Å². The molecule has 6 nitrogen and oxygen atoms in total. The van der Waals surface area contributed by atoms with Crippen molar-refractivity contribution in [3.8, 4) is 16.9 Å². The Labute approximate surface area is 298 Å². The van der Waals surface area contributed by atoms with Crippen molar-refractivity contribution in [3.05, 3.63) is 158 Å². The zero-order valence-electron chi connectivity index (χ0n) is 25.9. The Morgan fingerprint density at radius 1 is 0.875 bits per heavy atom. The number of ether oxygens (including phenoxy) is 2. The smallest absolute Gasteiger partial charge is 0.252 e. The number of aliphatic imine (C=N–C) groups is 1. The fourth-order valence-electron chi connectivity index (χ4n) is 5.67. The standard InChI is InChI=1S/C39H33BrCl2N2O4/c40-32-16-7-26(8-17-32)24-39(38(46)43-25-31-13-18-33(41)23-35(31)42)36(29-11-9-28(10-12-29)27-5-2-1-3-6-27)48-37(44-39)30-14-19-34(20-15-30)47-22-4-21-45/h1-3,5-20,23,36,45H,4,21-22,24-25H2,(H,43,46)/t36-,39-/m1/s1. The molecule has 1 heterocycles. The highest BCUT2D eigenvalue weighted by atomic mass is 79.9. The van der Waals surface area contributed by atoms with Gasteiger partial charge in [0.15, 0.2) is 11.6 Å². The van der Waals surface area contributed by atoms with E-state index >= 15 is 0 Å². The molecule has 0 aromatic heterocycles. The van der Waals surface area contributed by atoms with Gasteiger partial charge in [0.1, 0.15) is 5.75 Å². The summed E-state index contributed by atoms with van der Waals surface area (Å²) in [7, 11) is 0. The van der Waals surface area contributed by atoms with Crippen LogP contribution in [-0.4, -0.2) is 35.7 Å². The number of nitrogens with one attached hydrogen (secondary N) is 1. The molecule has 6 rings (SSSR count). The zero-order chi connectivity index (χ0) is 33.5. The molecule has 0 saturated carbocycles. The fraction of sp³-hybridized carbons (Fsp3) is 0.179. The van der Waals surface area contributed by atoms with E-state index in [1.54, 1.807) is 18.2 Å². The molecule has 5 aromatic rings. The molecular formula is C39H33BrCl2N2O4. The molecule has 5 aromatic carbocycles. The van der Waals surface area contributed by atoms with Crippen molar-refractivity contribution in [2.45, 2.75) is 31.0 Å². The largest absolute Gasteiger partial charge is 0.494 e. The number of nitrogens with zero attached hydrogens (tertiary/aromatic N) is 1. The van der Waals surface area contributed by atoms with E-state index in [1.807, 2.05) is 91.0 Å². The number of carbonyl (C=O) groups is 1. The van der Waals surface area contributed by atoms with Gasteiger partial charge in [0, 0.05) is 46.1 Å². The Morgan fingerprint density at radius 2 is 1.56 bits per heavy atom. The molecule has 1 aliphatic heterocycles. The molecule has 0 bridgehead atoms. The maximum atomic E-state index is 14.6. The van der Waals surface area contributed by atoms with Gasteiger partial charge in [-0.15, -0.1) is 0 Å². The Balaban J connectivity index is 1.41. The molecule has 0 saturated heterocycles. The van der Waals surface area contributed by atoms with Crippen LogP contribution in [0.2, 0.25) is 10.0 Å². The molecule has 0 spiro atoms. The summed E-state index contributed by atoms with van der Waals surface area (Å²) < 4.78 is 13.4. The second-order valence-corrected chi connectivity index (χ2v) is 13.3. The Kier molecular flexibility index (Phi) is 10.8. The summed E-state index contributed by atoms with van der Waals surface area (Å²) in [5.41, 5.74) is 3.95. The number of hydrogen-bond acceptors (Lipinski definition) is 5. The van der Waals surface area contributed by atoms with E-state index in [0.717, 1.165) is 32.3 Å².